The molecule has 0 radical (unpaired) electrons. The maximum absolute atomic E-state index is 15.2. The van der Waals surface area contributed by atoms with Gasteiger partial charge in [0.1, 0.15) is 16.7 Å². The molecule has 35 heavy (non-hydrogen) atoms. The number of aromatic nitrogens is 1. The molecule has 3 aliphatic rings. The van der Waals surface area contributed by atoms with E-state index in [1.165, 1.54) is 25.0 Å². The van der Waals surface area contributed by atoms with Crippen molar-refractivity contribution in [1.29, 1.82) is 0 Å². The minimum absolute atomic E-state index is 0.0617. The zero-order chi connectivity index (χ0) is 25.0. The number of nitrogens with zero attached hydrogens (tertiary/aromatic N) is 3. The first-order chi connectivity index (χ1) is 16.6. The second-order valence-electron chi connectivity index (χ2n) is 10.1. The van der Waals surface area contributed by atoms with Gasteiger partial charge in [-0.25, -0.2) is 22.2 Å². The molecule has 3 fully saturated rings. The van der Waals surface area contributed by atoms with Crippen molar-refractivity contribution < 1.29 is 21.6 Å². The molecule has 1 N–H and O–H groups in total. The van der Waals surface area contributed by atoms with Crippen molar-refractivity contribution >= 4 is 33.1 Å². The fraction of sp³-hybridized carbons (Fsp3) is 0.542. The van der Waals surface area contributed by atoms with Crippen LogP contribution in [0.1, 0.15) is 39.0 Å². The lowest BCUT2D eigenvalue weighted by molar-refractivity contribution is -0.0266. The number of anilines is 2. The van der Waals surface area contributed by atoms with Gasteiger partial charge in [0.15, 0.2) is 10.7 Å². The lowest BCUT2D eigenvalue weighted by atomic mass is 9.62. The molecule has 1 aromatic heterocycles. The number of halogens is 4. The van der Waals surface area contributed by atoms with Crippen molar-refractivity contribution in [3.63, 3.8) is 0 Å². The number of nitrogens with one attached hydrogen (secondary N) is 1. The normalized spacial score (nSPS) is 25.7. The van der Waals surface area contributed by atoms with E-state index in [1.807, 2.05) is 9.62 Å². The average molecular weight is 529 g/mol. The van der Waals surface area contributed by atoms with Crippen LogP contribution in [0.3, 0.4) is 0 Å². The van der Waals surface area contributed by atoms with Crippen molar-refractivity contribution in [1.82, 2.24) is 9.88 Å². The molecule has 11 heteroatoms. The van der Waals surface area contributed by atoms with Crippen LogP contribution in [0.2, 0.25) is 5.02 Å². The monoisotopic (exact) mass is 528 g/mol. The lowest BCUT2D eigenvalue weighted by Gasteiger charge is -2.54. The number of pyridine rings is 1. The standard InChI is InChI=1S/C24H28ClF3N4O2S/c1-15-6-10-31(11-7-15)18-5-8-24(18)9-12-32(14-24)17-13-16(26)23(22(28)21(17)25)35(33,34)30-20-4-2-3-19(27)29-20/h2-4,13,15,18H,5-12,14H2,1H3,(H,29,30)/t18-,24+/m1/s1. The Labute approximate surface area is 208 Å². The van der Waals surface area contributed by atoms with E-state index in [0.717, 1.165) is 50.4 Å². The van der Waals surface area contributed by atoms with Crippen LogP contribution in [0.5, 0.6) is 0 Å². The third kappa shape index (κ3) is 4.49. The van der Waals surface area contributed by atoms with Gasteiger partial charge in [-0.1, -0.05) is 24.6 Å². The van der Waals surface area contributed by atoms with Crippen molar-refractivity contribution in [2.45, 2.75) is 50.0 Å². The third-order valence-corrected chi connectivity index (χ3v) is 9.68. The maximum atomic E-state index is 15.2. The molecule has 0 bridgehead atoms. The van der Waals surface area contributed by atoms with E-state index in [-0.39, 0.29) is 11.1 Å². The SMILES string of the molecule is CC1CCN([C@@H]2CC[C@@]23CCN(c2cc(F)c(S(=O)(=O)Nc4cccc(F)n4)c(F)c2Cl)C3)CC1. The molecule has 1 aliphatic carbocycles. The van der Waals surface area contributed by atoms with E-state index in [0.29, 0.717) is 19.1 Å². The minimum Gasteiger partial charge on any atom is -0.370 e. The van der Waals surface area contributed by atoms with Crippen LogP contribution in [0.4, 0.5) is 24.7 Å². The fourth-order valence-corrected chi connectivity index (χ4v) is 7.33. The lowest BCUT2D eigenvalue weighted by Crippen LogP contribution is -2.58. The summed E-state index contributed by atoms with van der Waals surface area (Å²) >= 11 is 6.28. The van der Waals surface area contributed by atoms with E-state index in [2.05, 4.69) is 16.8 Å². The quantitative estimate of drug-likeness (QED) is 0.435. The predicted molar refractivity (Wildman–Crippen MR) is 129 cm³/mol. The Balaban J connectivity index is 1.37. The zero-order valence-electron chi connectivity index (χ0n) is 19.4. The van der Waals surface area contributed by atoms with Gasteiger partial charge in [0.2, 0.25) is 5.95 Å². The van der Waals surface area contributed by atoms with Gasteiger partial charge in [0.25, 0.3) is 10.0 Å². The summed E-state index contributed by atoms with van der Waals surface area (Å²) < 4.78 is 71.0. The van der Waals surface area contributed by atoms with Gasteiger partial charge < -0.3 is 4.90 Å². The van der Waals surface area contributed by atoms with Gasteiger partial charge in [-0.3, -0.25) is 9.62 Å². The van der Waals surface area contributed by atoms with E-state index in [1.54, 1.807) is 0 Å². The molecule has 0 amide bonds. The van der Waals surface area contributed by atoms with Crippen LogP contribution in [-0.2, 0) is 10.0 Å². The zero-order valence-corrected chi connectivity index (χ0v) is 21.0. The van der Waals surface area contributed by atoms with Gasteiger partial charge in [0.05, 0.1) is 5.69 Å². The highest BCUT2D eigenvalue weighted by Crippen LogP contribution is 2.53. The van der Waals surface area contributed by atoms with Gasteiger partial charge >= 0.3 is 0 Å². The molecule has 1 spiro atoms. The van der Waals surface area contributed by atoms with E-state index < -0.39 is 43.3 Å². The van der Waals surface area contributed by atoms with Gasteiger partial charge in [-0.15, -0.1) is 0 Å². The van der Waals surface area contributed by atoms with Crippen molar-refractivity contribution in [2.75, 3.05) is 35.8 Å². The first-order valence-corrected chi connectivity index (χ1v) is 13.8. The van der Waals surface area contributed by atoms with E-state index in [9.17, 15) is 12.8 Å². The first kappa shape index (κ1) is 24.6. The Bertz CT molecular complexity index is 1240. The van der Waals surface area contributed by atoms with E-state index in [4.69, 9.17) is 11.6 Å². The van der Waals surface area contributed by atoms with Crippen LogP contribution in [0.25, 0.3) is 0 Å². The molecule has 2 aromatic rings. The summed E-state index contributed by atoms with van der Waals surface area (Å²) in [6.45, 7) is 5.66. The Morgan fingerprint density at radius 2 is 1.86 bits per heavy atom. The molecule has 5 rings (SSSR count). The number of piperidine rings is 1. The van der Waals surface area contributed by atoms with Crippen LogP contribution >= 0.6 is 11.6 Å². The van der Waals surface area contributed by atoms with Crippen LogP contribution in [0.15, 0.2) is 29.2 Å². The van der Waals surface area contributed by atoms with E-state index >= 15 is 8.78 Å². The molecule has 2 saturated heterocycles. The molecule has 1 saturated carbocycles. The summed E-state index contributed by atoms with van der Waals surface area (Å²) in [7, 11) is -4.74. The number of sulfonamides is 1. The number of likely N-dealkylation sites (tertiary alicyclic amines) is 1. The summed E-state index contributed by atoms with van der Waals surface area (Å²) in [5.41, 5.74) is 0.214. The largest absolute Gasteiger partial charge is 0.370 e. The van der Waals surface area contributed by atoms with Crippen molar-refractivity contribution in [2.24, 2.45) is 11.3 Å². The molecule has 1 aromatic carbocycles. The Morgan fingerprint density at radius 3 is 2.51 bits per heavy atom. The molecule has 190 valence electrons. The molecular formula is C24H28ClF3N4O2S. The average Bonchev–Trinajstić information content (AvgIpc) is 3.24. The summed E-state index contributed by atoms with van der Waals surface area (Å²) in [6, 6.07) is 4.86. The predicted octanol–water partition coefficient (Wildman–Crippen LogP) is 5.04. The first-order valence-electron chi connectivity index (χ1n) is 11.9. The molecule has 2 atom stereocenters. The third-order valence-electron chi connectivity index (χ3n) is 7.93. The Kier molecular flexibility index (Phi) is 6.42. The van der Waals surface area contributed by atoms with Crippen LogP contribution in [-0.4, -0.2) is 50.5 Å². The summed E-state index contributed by atoms with van der Waals surface area (Å²) in [5, 5.41) is -0.446. The highest BCUT2D eigenvalue weighted by Gasteiger charge is 2.53. The molecular weight excluding hydrogens is 501 g/mol. The minimum atomic E-state index is -4.74. The number of rotatable bonds is 5. The van der Waals surface area contributed by atoms with Gasteiger partial charge in [-0.2, -0.15) is 4.39 Å². The maximum Gasteiger partial charge on any atom is 0.268 e. The highest BCUT2D eigenvalue weighted by atomic mass is 35.5. The van der Waals surface area contributed by atoms with Gasteiger partial charge in [-0.05, 0) is 63.2 Å². The molecule has 0 unspecified atom stereocenters. The highest BCUT2D eigenvalue weighted by molar-refractivity contribution is 7.92. The Morgan fingerprint density at radius 1 is 1.11 bits per heavy atom. The summed E-state index contributed by atoms with van der Waals surface area (Å²) in [4.78, 5) is 6.60. The number of hydrogen-bond acceptors (Lipinski definition) is 5. The second kappa shape index (κ2) is 9.12. The molecule has 6 nitrogen and oxygen atoms in total. The fourth-order valence-electron chi connectivity index (χ4n) is 5.87. The topological polar surface area (TPSA) is 65.5 Å². The summed E-state index contributed by atoms with van der Waals surface area (Å²) in [6.07, 6.45) is 5.45. The van der Waals surface area contributed by atoms with Crippen molar-refractivity contribution in [3.8, 4) is 0 Å². The van der Waals surface area contributed by atoms with Crippen LogP contribution < -0.4 is 9.62 Å². The number of hydrogen-bond donors (Lipinski definition) is 1. The molecule has 3 heterocycles. The summed E-state index contributed by atoms with van der Waals surface area (Å²) in [5.74, 6) is -3.22. The smallest absolute Gasteiger partial charge is 0.268 e. The number of benzene rings is 1. The Hall–Kier alpha value is -2.04. The van der Waals surface area contributed by atoms with Crippen LogP contribution in [0, 0.1) is 28.9 Å². The van der Waals surface area contributed by atoms with Crippen molar-refractivity contribution in [3.05, 3.63) is 46.9 Å². The van der Waals surface area contributed by atoms with Gasteiger partial charge in [0, 0.05) is 30.6 Å². The molecule has 2 aliphatic heterocycles. The second-order valence-corrected chi connectivity index (χ2v) is 12.1.